The van der Waals surface area contributed by atoms with E-state index in [1.807, 2.05) is 17.5 Å². The Morgan fingerprint density at radius 2 is 2.04 bits per heavy atom. The van der Waals surface area contributed by atoms with E-state index in [4.69, 9.17) is 4.42 Å². The van der Waals surface area contributed by atoms with E-state index in [1.165, 1.54) is 23.9 Å². The number of nitrogens with zero attached hydrogens (tertiary/aromatic N) is 3. The number of hydrogen-bond donors (Lipinski definition) is 1. The summed E-state index contributed by atoms with van der Waals surface area (Å²) in [6, 6.07) is 10.0. The summed E-state index contributed by atoms with van der Waals surface area (Å²) in [5, 5.41) is 9.78. The van der Waals surface area contributed by atoms with Crippen molar-refractivity contribution in [2.24, 2.45) is 0 Å². The first kappa shape index (κ1) is 15.1. The van der Waals surface area contributed by atoms with Crippen molar-refractivity contribution in [1.29, 1.82) is 0 Å². The third-order valence-corrected chi connectivity index (χ3v) is 4.97. The lowest BCUT2D eigenvalue weighted by Crippen LogP contribution is -1.84. The van der Waals surface area contributed by atoms with Gasteiger partial charge in [0.05, 0.1) is 10.6 Å². The molecule has 1 aromatic carbocycles. The zero-order valence-electron chi connectivity index (χ0n) is 12.3. The van der Waals surface area contributed by atoms with Gasteiger partial charge in [-0.15, -0.1) is 16.4 Å². The number of aromatic nitrogens is 4. The molecule has 8 heteroatoms. The Kier molecular flexibility index (Phi) is 4.14. The molecule has 0 atom stereocenters. The Labute approximate surface area is 145 Å². The van der Waals surface area contributed by atoms with Crippen LogP contribution in [-0.4, -0.2) is 20.2 Å². The first-order valence-corrected chi connectivity index (χ1v) is 8.94. The van der Waals surface area contributed by atoms with Gasteiger partial charge in [-0.25, -0.2) is 14.4 Å². The Morgan fingerprint density at radius 3 is 2.83 bits per heavy atom. The van der Waals surface area contributed by atoms with Crippen LogP contribution < -0.4 is 0 Å². The normalized spacial score (nSPS) is 11.0. The van der Waals surface area contributed by atoms with Gasteiger partial charge in [0, 0.05) is 11.3 Å². The van der Waals surface area contributed by atoms with Crippen molar-refractivity contribution in [3.63, 3.8) is 0 Å². The number of thiophene rings is 1. The zero-order valence-corrected chi connectivity index (χ0v) is 13.9. The van der Waals surface area contributed by atoms with Gasteiger partial charge in [0.1, 0.15) is 12.1 Å². The van der Waals surface area contributed by atoms with Crippen LogP contribution >= 0.6 is 23.1 Å². The second kappa shape index (κ2) is 6.58. The lowest BCUT2D eigenvalue weighted by Gasteiger charge is -1.94. The number of oxazole rings is 1. The standard InChI is InChI=1S/C16H11FN4OS2/c17-11-5-3-10(4-6-11)15-18-12(8-22-15)9-24-16-19-14(20-21-16)13-2-1-7-23-13/h1-8H,9H2,(H,19,20,21). The Bertz CT molecular complexity index is 931. The predicted octanol–water partition coefficient (Wildman–Crippen LogP) is 4.62. The lowest BCUT2D eigenvalue weighted by molar-refractivity contribution is 0.573. The molecule has 0 saturated heterocycles. The van der Waals surface area contributed by atoms with E-state index in [2.05, 4.69) is 20.2 Å². The molecule has 3 heterocycles. The summed E-state index contributed by atoms with van der Waals surface area (Å²) < 4.78 is 18.4. The molecule has 0 amide bonds. The number of rotatable bonds is 5. The number of aromatic amines is 1. The van der Waals surface area contributed by atoms with Crippen molar-refractivity contribution in [1.82, 2.24) is 20.2 Å². The zero-order chi connectivity index (χ0) is 16.4. The van der Waals surface area contributed by atoms with Gasteiger partial charge < -0.3 is 4.42 Å². The molecule has 24 heavy (non-hydrogen) atoms. The summed E-state index contributed by atoms with van der Waals surface area (Å²) in [5.74, 6) is 1.54. The summed E-state index contributed by atoms with van der Waals surface area (Å²) >= 11 is 3.08. The molecule has 4 aromatic rings. The average molecular weight is 358 g/mol. The molecule has 120 valence electrons. The minimum Gasteiger partial charge on any atom is -0.444 e. The highest BCUT2D eigenvalue weighted by Crippen LogP contribution is 2.26. The van der Waals surface area contributed by atoms with Crippen molar-refractivity contribution in [3.8, 4) is 22.2 Å². The number of benzene rings is 1. The van der Waals surface area contributed by atoms with E-state index in [0.717, 1.165) is 22.0 Å². The summed E-state index contributed by atoms with van der Waals surface area (Å²) in [4.78, 5) is 9.91. The van der Waals surface area contributed by atoms with Gasteiger partial charge in [0.25, 0.3) is 0 Å². The number of halogens is 1. The van der Waals surface area contributed by atoms with Gasteiger partial charge in [0.2, 0.25) is 11.0 Å². The fourth-order valence-electron chi connectivity index (χ4n) is 2.07. The Balaban J connectivity index is 1.42. The second-order valence-electron chi connectivity index (χ2n) is 4.88. The van der Waals surface area contributed by atoms with Crippen LogP contribution in [0.2, 0.25) is 0 Å². The van der Waals surface area contributed by atoms with Crippen LogP contribution in [0.5, 0.6) is 0 Å². The quantitative estimate of drug-likeness (QED) is 0.527. The average Bonchev–Trinajstić information content (AvgIpc) is 3.34. The summed E-state index contributed by atoms with van der Waals surface area (Å²) in [5.41, 5.74) is 1.52. The van der Waals surface area contributed by atoms with Gasteiger partial charge >= 0.3 is 0 Å². The van der Waals surface area contributed by atoms with Crippen molar-refractivity contribution in [3.05, 3.63) is 59.6 Å². The van der Waals surface area contributed by atoms with Gasteiger partial charge in [-0.3, -0.25) is 5.10 Å². The van der Waals surface area contributed by atoms with Crippen LogP contribution in [0.4, 0.5) is 4.39 Å². The van der Waals surface area contributed by atoms with Crippen LogP contribution in [0, 0.1) is 5.82 Å². The fraction of sp³-hybridized carbons (Fsp3) is 0.0625. The molecule has 4 rings (SSSR count). The van der Waals surface area contributed by atoms with Gasteiger partial charge in [-0.1, -0.05) is 17.8 Å². The van der Waals surface area contributed by atoms with Gasteiger partial charge in [-0.05, 0) is 35.7 Å². The molecule has 0 unspecified atom stereocenters. The minimum atomic E-state index is -0.285. The lowest BCUT2D eigenvalue weighted by atomic mass is 10.2. The highest BCUT2D eigenvalue weighted by atomic mass is 32.2. The van der Waals surface area contributed by atoms with Gasteiger partial charge in [-0.2, -0.15) is 0 Å². The Hall–Kier alpha value is -2.45. The second-order valence-corrected chi connectivity index (χ2v) is 6.77. The Morgan fingerprint density at radius 1 is 1.17 bits per heavy atom. The van der Waals surface area contributed by atoms with Crippen LogP contribution in [0.15, 0.2) is 57.6 Å². The number of thioether (sulfide) groups is 1. The van der Waals surface area contributed by atoms with Crippen LogP contribution in [0.25, 0.3) is 22.2 Å². The highest BCUT2D eigenvalue weighted by molar-refractivity contribution is 7.98. The summed E-state index contributed by atoms with van der Waals surface area (Å²) in [6.07, 6.45) is 1.60. The number of nitrogens with one attached hydrogen (secondary N) is 1. The molecule has 0 saturated carbocycles. The first-order chi connectivity index (χ1) is 11.8. The smallest absolute Gasteiger partial charge is 0.226 e. The summed E-state index contributed by atoms with van der Waals surface area (Å²) in [6.45, 7) is 0. The van der Waals surface area contributed by atoms with E-state index < -0.39 is 0 Å². The molecule has 0 aliphatic rings. The predicted molar refractivity (Wildman–Crippen MR) is 91.2 cm³/mol. The van der Waals surface area contributed by atoms with Crippen LogP contribution in [0.3, 0.4) is 0 Å². The fourth-order valence-corrected chi connectivity index (χ4v) is 3.41. The topological polar surface area (TPSA) is 67.6 Å². The van der Waals surface area contributed by atoms with Crippen molar-refractivity contribution < 1.29 is 8.81 Å². The largest absolute Gasteiger partial charge is 0.444 e. The van der Waals surface area contributed by atoms with Crippen molar-refractivity contribution in [2.45, 2.75) is 10.9 Å². The minimum absolute atomic E-state index is 0.285. The molecule has 0 bridgehead atoms. The maximum atomic E-state index is 12.9. The van der Waals surface area contributed by atoms with Crippen LogP contribution in [-0.2, 0) is 5.75 Å². The summed E-state index contributed by atoms with van der Waals surface area (Å²) in [7, 11) is 0. The van der Waals surface area contributed by atoms with Crippen molar-refractivity contribution >= 4 is 23.1 Å². The molecule has 0 aliphatic heterocycles. The molecule has 3 aromatic heterocycles. The van der Waals surface area contributed by atoms with E-state index in [-0.39, 0.29) is 5.82 Å². The molecule has 0 radical (unpaired) electrons. The molecule has 0 aliphatic carbocycles. The molecular weight excluding hydrogens is 347 g/mol. The maximum absolute atomic E-state index is 12.9. The van der Waals surface area contributed by atoms with E-state index in [0.29, 0.717) is 16.8 Å². The SMILES string of the molecule is Fc1ccc(-c2nc(CSc3n[nH]c(-c4cccs4)n3)co2)cc1. The van der Waals surface area contributed by atoms with E-state index in [9.17, 15) is 4.39 Å². The maximum Gasteiger partial charge on any atom is 0.226 e. The molecule has 5 nitrogen and oxygen atoms in total. The molecule has 1 N–H and O–H groups in total. The molecular formula is C16H11FN4OS2. The number of hydrogen-bond acceptors (Lipinski definition) is 6. The van der Waals surface area contributed by atoms with Gasteiger partial charge in [0.15, 0.2) is 5.82 Å². The van der Waals surface area contributed by atoms with Crippen LogP contribution in [0.1, 0.15) is 5.69 Å². The van der Waals surface area contributed by atoms with E-state index >= 15 is 0 Å². The highest BCUT2D eigenvalue weighted by Gasteiger charge is 2.10. The van der Waals surface area contributed by atoms with Crippen molar-refractivity contribution in [2.75, 3.05) is 0 Å². The number of H-pyrrole nitrogens is 1. The molecule has 0 fully saturated rings. The van der Waals surface area contributed by atoms with E-state index in [1.54, 1.807) is 29.7 Å². The third kappa shape index (κ3) is 3.24. The third-order valence-electron chi connectivity index (χ3n) is 3.21. The molecule has 0 spiro atoms. The first-order valence-electron chi connectivity index (χ1n) is 7.07. The monoisotopic (exact) mass is 358 g/mol.